The molecule has 3 rings (SSSR count). The van der Waals surface area contributed by atoms with Gasteiger partial charge in [0.2, 0.25) is 11.9 Å². The van der Waals surface area contributed by atoms with Crippen molar-refractivity contribution in [1.82, 2.24) is 20.2 Å². The first-order valence-electron chi connectivity index (χ1n) is 8.97. The van der Waals surface area contributed by atoms with Crippen LogP contribution in [0.1, 0.15) is 17.2 Å². The number of aryl methyl sites for hydroxylation is 1. The van der Waals surface area contributed by atoms with E-state index in [0.29, 0.717) is 6.54 Å². The largest absolute Gasteiger partial charge is 0.353 e. The lowest BCUT2D eigenvalue weighted by molar-refractivity contribution is -0.122. The number of carbonyl (C=O) groups excluding carboxylic acids is 1. The van der Waals surface area contributed by atoms with Gasteiger partial charge >= 0.3 is 0 Å². The number of piperazine rings is 1. The molecule has 1 amide bonds. The van der Waals surface area contributed by atoms with Crippen molar-refractivity contribution in [1.29, 1.82) is 0 Å². The number of aromatic nitrogens is 2. The predicted molar refractivity (Wildman–Crippen MR) is 102 cm³/mol. The molecule has 1 saturated heterocycles. The van der Waals surface area contributed by atoms with Crippen LogP contribution in [0.5, 0.6) is 0 Å². The Morgan fingerprint density at radius 2 is 1.81 bits per heavy atom. The fraction of sp³-hybridized carbons (Fsp3) is 0.421. The number of amides is 1. The highest BCUT2D eigenvalue weighted by Crippen LogP contribution is 2.12. The zero-order valence-corrected chi connectivity index (χ0v) is 15.1. The van der Waals surface area contributed by atoms with Crippen LogP contribution in [0.4, 0.5) is 5.95 Å². The van der Waals surface area contributed by atoms with Crippen LogP contribution in [0.25, 0.3) is 0 Å². The molecule has 1 fully saturated rings. The first-order valence-corrected chi connectivity index (χ1v) is 8.97. The van der Waals surface area contributed by atoms with Crippen molar-refractivity contribution >= 4 is 11.9 Å². The molecule has 1 aromatic heterocycles. The lowest BCUT2D eigenvalue weighted by atomic mass is 10.1. The summed E-state index contributed by atoms with van der Waals surface area (Å²) in [4.78, 5) is 25.3. The van der Waals surface area contributed by atoms with Gasteiger partial charge in [0.25, 0.3) is 0 Å². The maximum absolute atomic E-state index is 12.2. The minimum atomic E-state index is -0.623. The molecule has 1 atom stereocenters. The van der Waals surface area contributed by atoms with Crippen molar-refractivity contribution in [2.45, 2.75) is 13.0 Å². The highest BCUT2D eigenvalue weighted by Gasteiger charge is 2.19. The summed E-state index contributed by atoms with van der Waals surface area (Å²) in [5.74, 6) is 0.648. The maximum Gasteiger partial charge on any atom is 0.241 e. The predicted octanol–water partition coefficient (Wildman–Crippen LogP) is 0.723. The highest BCUT2D eigenvalue weighted by molar-refractivity contribution is 5.82. The second-order valence-corrected chi connectivity index (χ2v) is 6.56. The second kappa shape index (κ2) is 8.73. The van der Waals surface area contributed by atoms with Crippen molar-refractivity contribution in [3.05, 3.63) is 53.9 Å². The van der Waals surface area contributed by atoms with E-state index in [1.165, 1.54) is 0 Å². The number of benzene rings is 1. The average Bonchev–Trinajstić information content (AvgIpc) is 2.69. The molecular weight excluding hydrogens is 328 g/mol. The lowest BCUT2D eigenvalue weighted by Crippen LogP contribution is -2.49. The van der Waals surface area contributed by atoms with Gasteiger partial charge in [0.15, 0.2) is 0 Å². The van der Waals surface area contributed by atoms with Crippen LogP contribution in [0.3, 0.4) is 0 Å². The smallest absolute Gasteiger partial charge is 0.241 e. The molecule has 0 bridgehead atoms. The Labute approximate surface area is 154 Å². The summed E-state index contributed by atoms with van der Waals surface area (Å²) >= 11 is 0. The van der Waals surface area contributed by atoms with E-state index in [-0.39, 0.29) is 5.91 Å². The monoisotopic (exact) mass is 354 g/mol. The van der Waals surface area contributed by atoms with Crippen LogP contribution in [0.2, 0.25) is 0 Å². The highest BCUT2D eigenvalue weighted by atomic mass is 16.2. The van der Waals surface area contributed by atoms with Crippen LogP contribution in [-0.4, -0.2) is 60.0 Å². The summed E-state index contributed by atoms with van der Waals surface area (Å²) in [5.41, 5.74) is 8.04. The van der Waals surface area contributed by atoms with Gasteiger partial charge in [-0.3, -0.25) is 9.69 Å². The first-order chi connectivity index (χ1) is 12.6. The third-order valence-electron chi connectivity index (χ3n) is 4.65. The van der Waals surface area contributed by atoms with Gasteiger partial charge in [-0.1, -0.05) is 29.8 Å². The number of rotatable bonds is 6. The molecule has 7 heteroatoms. The van der Waals surface area contributed by atoms with E-state index in [9.17, 15) is 4.79 Å². The van der Waals surface area contributed by atoms with Crippen LogP contribution in [0.15, 0.2) is 42.7 Å². The fourth-order valence-corrected chi connectivity index (χ4v) is 3.00. The number of nitrogens with two attached hydrogens (primary N) is 1. The molecule has 3 N–H and O–H groups in total. The van der Waals surface area contributed by atoms with Crippen LogP contribution in [-0.2, 0) is 4.79 Å². The van der Waals surface area contributed by atoms with Gasteiger partial charge in [0.1, 0.15) is 6.04 Å². The Morgan fingerprint density at radius 3 is 2.46 bits per heavy atom. The Hall–Kier alpha value is -2.51. The van der Waals surface area contributed by atoms with Gasteiger partial charge in [-0.2, -0.15) is 0 Å². The van der Waals surface area contributed by atoms with Gasteiger partial charge in [-0.15, -0.1) is 0 Å². The quantitative estimate of drug-likeness (QED) is 0.795. The molecule has 1 aliphatic heterocycles. The lowest BCUT2D eigenvalue weighted by Gasteiger charge is -2.34. The number of carbonyl (C=O) groups is 1. The van der Waals surface area contributed by atoms with Crippen molar-refractivity contribution in [2.75, 3.05) is 44.2 Å². The zero-order chi connectivity index (χ0) is 18.4. The SMILES string of the molecule is Cc1ccc(C(N)C(=O)NCCN2CCN(c3ncccn3)CC2)cc1. The Balaban J connectivity index is 1.39. The number of hydrogen-bond donors (Lipinski definition) is 2. The minimum absolute atomic E-state index is 0.134. The van der Waals surface area contributed by atoms with Gasteiger partial charge in [-0.25, -0.2) is 9.97 Å². The van der Waals surface area contributed by atoms with Crippen LogP contribution < -0.4 is 16.0 Å². The number of nitrogens with zero attached hydrogens (tertiary/aromatic N) is 4. The molecule has 1 unspecified atom stereocenters. The topological polar surface area (TPSA) is 87.4 Å². The second-order valence-electron chi connectivity index (χ2n) is 6.56. The molecule has 2 aromatic rings. The normalized spacial score (nSPS) is 16.3. The third-order valence-corrected chi connectivity index (χ3v) is 4.65. The molecule has 138 valence electrons. The Bertz CT molecular complexity index is 698. The molecular formula is C19H26N6O. The molecule has 1 aromatic carbocycles. The van der Waals surface area contributed by atoms with E-state index in [4.69, 9.17) is 5.73 Å². The summed E-state index contributed by atoms with van der Waals surface area (Å²) in [6.45, 7) is 7.06. The minimum Gasteiger partial charge on any atom is -0.353 e. The standard InChI is InChI=1S/C19H26N6O/c1-15-3-5-16(6-4-15)17(20)18(26)21-9-10-24-11-13-25(14-12-24)19-22-7-2-8-23-19/h2-8,17H,9-14,20H2,1H3,(H,21,26). The van der Waals surface area contributed by atoms with Crippen LogP contribution >= 0.6 is 0 Å². The molecule has 26 heavy (non-hydrogen) atoms. The zero-order valence-electron chi connectivity index (χ0n) is 15.1. The summed E-state index contributed by atoms with van der Waals surface area (Å²) in [6.07, 6.45) is 3.53. The summed E-state index contributed by atoms with van der Waals surface area (Å²) in [7, 11) is 0. The van der Waals surface area contributed by atoms with Gasteiger partial charge in [0.05, 0.1) is 0 Å². The van der Waals surface area contributed by atoms with Gasteiger partial charge in [-0.05, 0) is 18.6 Å². The molecule has 0 saturated carbocycles. The van der Waals surface area contributed by atoms with Crippen LogP contribution in [0, 0.1) is 6.92 Å². The molecule has 7 nitrogen and oxygen atoms in total. The third kappa shape index (κ3) is 4.77. The van der Waals surface area contributed by atoms with E-state index in [0.717, 1.165) is 49.8 Å². The number of hydrogen-bond acceptors (Lipinski definition) is 6. The fourth-order valence-electron chi connectivity index (χ4n) is 3.00. The van der Waals surface area contributed by atoms with Crippen molar-refractivity contribution in [2.24, 2.45) is 5.73 Å². The van der Waals surface area contributed by atoms with E-state index in [2.05, 4.69) is 25.1 Å². The average molecular weight is 354 g/mol. The summed E-state index contributed by atoms with van der Waals surface area (Å²) < 4.78 is 0. The Kier molecular flexibility index (Phi) is 6.14. The molecule has 0 radical (unpaired) electrons. The summed E-state index contributed by atoms with van der Waals surface area (Å²) in [5, 5.41) is 2.94. The van der Waals surface area contributed by atoms with E-state index < -0.39 is 6.04 Å². The van der Waals surface area contributed by atoms with Crippen molar-refractivity contribution in [3.8, 4) is 0 Å². The summed E-state index contributed by atoms with van der Waals surface area (Å²) in [6, 6.07) is 8.96. The van der Waals surface area contributed by atoms with Gasteiger partial charge in [0, 0.05) is 51.7 Å². The van der Waals surface area contributed by atoms with Crippen molar-refractivity contribution in [3.63, 3.8) is 0 Å². The Morgan fingerprint density at radius 1 is 1.15 bits per heavy atom. The maximum atomic E-state index is 12.2. The van der Waals surface area contributed by atoms with E-state index in [1.54, 1.807) is 12.4 Å². The molecule has 0 spiro atoms. The first kappa shape index (κ1) is 18.3. The molecule has 1 aliphatic rings. The number of nitrogens with one attached hydrogen (secondary N) is 1. The molecule has 0 aliphatic carbocycles. The number of anilines is 1. The molecule has 2 heterocycles. The van der Waals surface area contributed by atoms with E-state index in [1.807, 2.05) is 37.3 Å². The van der Waals surface area contributed by atoms with Crippen molar-refractivity contribution < 1.29 is 4.79 Å². The van der Waals surface area contributed by atoms with E-state index >= 15 is 0 Å². The van der Waals surface area contributed by atoms with Gasteiger partial charge < -0.3 is 16.0 Å².